The van der Waals surface area contributed by atoms with Gasteiger partial charge in [-0.3, -0.25) is 19.3 Å². The molecule has 1 unspecified atom stereocenters. The van der Waals surface area contributed by atoms with E-state index in [1.807, 2.05) is 55.5 Å². The Morgan fingerprint density at radius 2 is 1.63 bits per heavy atom. The van der Waals surface area contributed by atoms with Crippen LogP contribution >= 0.6 is 0 Å². The molecule has 2 aliphatic heterocycles. The summed E-state index contributed by atoms with van der Waals surface area (Å²) in [6.07, 6.45) is 1.84. The maximum Gasteiger partial charge on any atom is 0.323 e. The number of carbonyl (C=O) groups is 4. The quantitative estimate of drug-likeness (QED) is 0.347. The van der Waals surface area contributed by atoms with Crippen LogP contribution in [0.1, 0.15) is 36.0 Å². The van der Waals surface area contributed by atoms with E-state index in [0.29, 0.717) is 55.0 Å². The van der Waals surface area contributed by atoms with Crippen LogP contribution in [0.25, 0.3) is 0 Å². The molecular formula is C33H36N4O6. The number of anilines is 3. The highest BCUT2D eigenvalue weighted by Crippen LogP contribution is 2.35. The summed E-state index contributed by atoms with van der Waals surface area (Å²) in [6, 6.07) is 19.1. The molecular weight excluding hydrogens is 548 g/mol. The van der Waals surface area contributed by atoms with Crippen molar-refractivity contribution in [2.75, 3.05) is 35.7 Å². The van der Waals surface area contributed by atoms with Crippen LogP contribution in [0.15, 0.2) is 66.7 Å². The topological polar surface area (TPSA) is 128 Å². The lowest BCUT2D eigenvalue weighted by molar-refractivity contribution is -0.139. The smallest absolute Gasteiger partial charge is 0.323 e. The molecule has 10 nitrogen and oxygen atoms in total. The van der Waals surface area contributed by atoms with Gasteiger partial charge in [0.05, 0.1) is 19.2 Å². The van der Waals surface area contributed by atoms with E-state index < -0.39 is 18.0 Å². The molecule has 1 saturated heterocycles. The van der Waals surface area contributed by atoms with Crippen molar-refractivity contribution in [2.45, 2.75) is 45.1 Å². The van der Waals surface area contributed by atoms with Crippen LogP contribution < -0.4 is 20.3 Å². The lowest BCUT2D eigenvalue weighted by Crippen LogP contribution is -2.52. The molecule has 0 bridgehead atoms. The molecule has 0 saturated carbocycles. The Balaban J connectivity index is 1.29. The van der Waals surface area contributed by atoms with Crippen LogP contribution in [0, 0.1) is 12.8 Å². The first-order chi connectivity index (χ1) is 20.7. The Bertz CT molecular complexity index is 1530. The predicted molar refractivity (Wildman–Crippen MR) is 163 cm³/mol. The Kier molecular flexibility index (Phi) is 8.94. The summed E-state index contributed by atoms with van der Waals surface area (Å²) in [5.74, 6) is -0.692. The molecule has 224 valence electrons. The number of carboxylic acids is 1. The Morgan fingerprint density at radius 1 is 0.930 bits per heavy atom. The van der Waals surface area contributed by atoms with E-state index in [-0.39, 0.29) is 30.6 Å². The van der Waals surface area contributed by atoms with Gasteiger partial charge in [0.25, 0.3) is 0 Å². The molecule has 10 heteroatoms. The number of piperidine rings is 1. The Morgan fingerprint density at radius 3 is 2.35 bits per heavy atom. The third-order valence-electron chi connectivity index (χ3n) is 8.18. The van der Waals surface area contributed by atoms with E-state index in [4.69, 9.17) is 9.84 Å². The van der Waals surface area contributed by atoms with Gasteiger partial charge in [-0.2, -0.15) is 0 Å². The third kappa shape index (κ3) is 6.80. The molecule has 3 aromatic carbocycles. The molecule has 0 aliphatic carbocycles. The fourth-order valence-corrected chi connectivity index (χ4v) is 5.90. The number of methoxy groups -OCH3 is 1. The number of likely N-dealkylation sites (tertiary alicyclic amines) is 1. The number of urea groups is 1. The van der Waals surface area contributed by atoms with Crippen molar-refractivity contribution in [2.24, 2.45) is 5.92 Å². The normalized spacial score (nSPS) is 16.4. The monoisotopic (exact) mass is 584 g/mol. The van der Waals surface area contributed by atoms with E-state index in [9.17, 15) is 19.2 Å². The minimum Gasteiger partial charge on any atom is -0.495 e. The molecule has 5 rings (SSSR count). The van der Waals surface area contributed by atoms with Crippen molar-refractivity contribution in [1.29, 1.82) is 0 Å². The summed E-state index contributed by atoms with van der Waals surface area (Å²) >= 11 is 0. The molecule has 3 aromatic rings. The van der Waals surface area contributed by atoms with E-state index >= 15 is 0 Å². The highest BCUT2D eigenvalue weighted by Gasteiger charge is 2.40. The fourth-order valence-electron chi connectivity index (χ4n) is 5.90. The molecule has 3 N–H and O–H groups in total. The second-order valence-electron chi connectivity index (χ2n) is 11.1. The Labute approximate surface area is 250 Å². The average molecular weight is 585 g/mol. The van der Waals surface area contributed by atoms with Crippen LogP contribution in [0.2, 0.25) is 0 Å². The number of carboxylic acid groups (broad SMARTS) is 1. The van der Waals surface area contributed by atoms with Gasteiger partial charge in [0.15, 0.2) is 0 Å². The van der Waals surface area contributed by atoms with Gasteiger partial charge in [0.1, 0.15) is 11.8 Å². The molecule has 0 radical (unpaired) electrons. The van der Waals surface area contributed by atoms with Crippen LogP contribution in [0.5, 0.6) is 5.75 Å². The zero-order valence-electron chi connectivity index (χ0n) is 24.3. The molecule has 0 aromatic heterocycles. The lowest BCUT2D eigenvalue weighted by atomic mass is 9.93. The number of carbonyl (C=O) groups excluding carboxylic acids is 3. The predicted octanol–water partition coefficient (Wildman–Crippen LogP) is 4.86. The van der Waals surface area contributed by atoms with Gasteiger partial charge in [-0.15, -0.1) is 0 Å². The number of rotatable bonds is 8. The Hall–Kier alpha value is -4.86. The fraction of sp³-hybridized carbons (Fsp3) is 0.333. The number of aryl methyl sites for hydroxylation is 1. The van der Waals surface area contributed by atoms with Crippen molar-refractivity contribution in [3.63, 3.8) is 0 Å². The number of fused-ring (bicyclic) bond motifs is 1. The number of amides is 4. The van der Waals surface area contributed by atoms with Gasteiger partial charge in [-0.25, -0.2) is 4.79 Å². The summed E-state index contributed by atoms with van der Waals surface area (Å²) in [6.45, 7) is 2.87. The molecule has 2 aliphatic rings. The molecule has 43 heavy (non-hydrogen) atoms. The van der Waals surface area contributed by atoms with Crippen LogP contribution in [-0.2, 0) is 27.2 Å². The summed E-state index contributed by atoms with van der Waals surface area (Å²) in [5.41, 5.74) is 4.42. The van der Waals surface area contributed by atoms with Crippen molar-refractivity contribution in [3.8, 4) is 5.75 Å². The second-order valence-corrected chi connectivity index (χ2v) is 11.1. The third-order valence-corrected chi connectivity index (χ3v) is 8.18. The molecule has 1 atom stereocenters. The maximum absolute atomic E-state index is 13.8. The standard InChI is InChI=1S/C33H36N4O6/c1-21-7-3-5-9-25(21)34-33(42)35-26-12-11-23(17-29(26)43-2)18-30(38)37-27-10-6-4-8-24(27)20-28(37)32(41)36-15-13-22(14-16-36)19-31(39)40/h3-12,17,22,28H,13-16,18-20H2,1-2H3,(H,39,40)(H2,34,35,42). The van der Waals surface area contributed by atoms with Gasteiger partial charge >= 0.3 is 12.0 Å². The number of ether oxygens (including phenoxy) is 1. The van der Waals surface area contributed by atoms with Crippen LogP contribution in [-0.4, -0.2) is 60.1 Å². The van der Waals surface area contributed by atoms with Gasteiger partial charge in [-0.05, 0) is 66.6 Å². The largest absolute Gasteiger partial charge is 0.495 e. The van der Waals surface area contributed by atoms with Gasteiger partial charge < -0.3 is 25.4 Å². The van der Waals surface area contributed by atoms with Crippen molar-refractivity contribution in [3.05, 3.63) is 83.4 Å². The summed E-state index contributed by atoms with van der Waals surface area (Å²) in [4.78, 5) is 54.7. The first-order valence-electron chi connectivity index (χ1n) is 14.4. The minimum atomic E-state index is -0.821. The molecule has 4 amide bonds. The number of hydrogen-bond acceptors (Lipinski definition) is 5. The van der Waals surface area contributed by atoms with Crippen LogP contribution in [0.3, 0.4) is 0 Å². The van der Waals surface area contributed by atoms with E-state index in [2.05, 4.69) is 10.6 Å². The number of aliphatic carboxylic acids is 1. The number of para-hydroxylation sites is 2. The van der Waals surface area contributed by atoms with Crippen molar-refractivity contribution < 1.29 is 29.0 Å². The summed E-state index contributed by atoms with van der Waals surface area (Å²) in [5, 5.41) is 14.8. The number of nitrogens with zero attached hydrogens (tertiary/aromatic N) is 2. The number of hydrogen-bond donors (Lipinski definition) is 3. The SMILES string of the molecule is COc1cc(CC(=O)N2c3ccccc3CC2C(=O)N2CCC(CC(=O)O)CC2)ccc1NC(=O)Nc1ccccc1C. The van der Waals surface area contributed by atoms with E-state index in [1.165, 1.54) is 7.11 Å². The highest BCUT2D eigenvalue weighted by molar-refractivity contribution is 6.04. The highest BCUT2D eigenvalue weighted by atomic mass is 16.5. The first-order valence-corrected chi connectivity index (χ1v) is 14.4. The minimum absolute atomic E-state index is 0.0326. The van der Waals surface area contributed by atoms with Crippen molar-refractivity contribution in [1.82, 2.24) is 4.90 Å². The zero-order chi connectivity index (χ0) is 30.5. The first kappa shape index (κ1) is 29.6. The zero-order valence-corrected chi connectivity index (χ0v) is 24.3. The van der Waals surface area contributed by atoms with Crippen molar-refractivity contribution >= 4 is 40.9 Å². The van der Waals surface area contributed by atoms with Gasteiger partial charge in [0.2, 0.25) is 11.8 Å². The van der Waals surface area contributed by atoms with E-state index in [0.717, 1.165) is 16.8 Å². The number of benzene rings is 3. The maximum atomic E-state index is 13.8. The average Bonchev–Trinajstić information content (AvgIpc) is 3.39. The number of nitrogens with one attached hydrogen (secondary N) is 2. The lowest BCUT2D eigenvalue weighted by Gasteiger charge is -2.35. The molecule has 1 fully saturated rings. The van der Waals surface area contributed by atoms with E-state index in [1.54, 1.807) is 28.0 Å². The van der Waals surface area contributed by atoms with Gasteiger partial charge in [-0.1, -0.05) is 42.5 Å². The van der Waals surface area contributed by atoms with Gasteiger partial charge in [0, 0.05) is 37.3 Å². The molecule has 0 spiro atoms. The second kappa shape index (κ2) is 13.0. The summed E-state index contributed by atoms with van der Waals surface area (Å²) < 4.78 is 5.53. The summed E-state index contributed by atoms with van der Waals surface area (Å²) in [7, 11) is 1.50. The molecule has 2 heterocycles. The van der Waals surface area contributed by atoms with Crippen LogP contribution in [0.4, 0.5) is 21.9 Å².